The van der Waals surface area contributed by atoms with E-state index in [-0.39, 0.29) is 12.3 Å². The van der Waals surface area contributed by atoms with Gasteiger partial charge in [0.2, 0.25) is 5.91 Å². The van der Waals surface area contributed by atoms with Crippen molar-refractivity contribution < 1.29 is 9.90 Å². The van der Waals surface area contributed by atoms with Gasteiger partial charge >= 0.3 is 0 Å². The van der Waals surface area contributed by atoms with E-state index in [4.69, 9.17) is 0 Å². The van der Waals surface area contributed by atoms with Crippen LogP contribution < -0.4 is 5.32 Å². The number of amides is 1. The molecule has 1 amide bonds. The van der Waals surface area contributed by atoms with Crippen molar-refractivity contribution in [2.75, 3.05) is 5.32 Å². The Kier molecular flexibility index (Phi) is 1.59. The summed E-state index contributed by atoms with van der Waals surface area (Å²) in [5.41, 5.74) is 1.53. The summed E-state index contributed by atoms with van der Waals surface area (Å²) < 4.78 is 0. The Labute approximate surface area is 70.0 Å². The molecule has 0 aromatic heterocycles. The molecule has 1 atom stereocenters. The Morgan fingerprint density at radius 2 is 2.17 bits per heavy atom. The van der Waals surface area contributed by atoms with Crippen LogP contribution in [0.15, 0.2) is 24.3 Å². The maximum Gasteiger partial charge on any atom is 0.227 e. The van der Waals surface area contributed by atoms with E-state index in [1.54, 1.807) is 6.07 Å². The fourth-order valence-corrected chi connectivity index (χ4v) is 1.39. The molecule has 0 aliphatic carbocycles. The van der Waals surface area contributed by atoms with E-state index in [0.717, 1.165) is 11.3 Å². The van der Waals surface area contributed by atoms with Crippen LogP contribution >= 0.6 is 0 Å². The lowest BCUT2D eigenvalue weighted by Crippen LogP contribution is -2.22. The summed E-state index contributed by atoms with van der Waals surface area (Å²) in [7, 11) is 0. The van der Waals surface area contributed by atoms with Gasteiger partial charge in [0.25, 0.3) is 0 Å². The van der Waals surface area contributed by atoms with E-state index in [9.17, 15) is 9.90 Å². The van der Waals surface area contributed by atoms with Gasteiger partial charge in [-0.3, -0.25) is 4.79 Å². The first-order valence-electron chi connectivity index (χ1n) is 3.84. The summed E-state index contributed by atoms with van der Waals surface area (Å²) in [5, 5.41) is 12.2. The lowest BCUT2D eigenvalue weighted by molar-refractivity contribution is -0.118. The van der Waals surface area contributed by atoms with Crippen LogP contribution in [-0.4, -0.2) is 11.0 Å². The molecule has 0 fully saturated rings. The standard InChI is InChI=1S/C9H9NO2/c11-8-5-9(12)10-7-4-2-1-3-6(7)8/h1-4,8,11H,5H2,(H,10,12). The number of aliphatic hydroxyl groups is 1. The molecule has 0 radical (unpaired) electrons. The molecule has 62 valence electrons. The van der Waals surface area contributed by atoms with E-state index in [1.807, 2.05) is 18.2 Å². The molecule has 12 heavy (non-hydrogen) atoms. The average Bonchev–Trinajstić information content (AvgIpc) is 2.04. The van der Waals surface area contributed by atoms with E-state index < -0.39 is 6.10 Å². The number of hydrogen-bond acceptors (Lipinski definition) is 2. The minimum atomic E-state index is -0.644. The fraction of sp³-hybridized carbons (Fsp3) is 0.222. The number of anilines is 1. The lowest BCUT2D eigenvalue weighted by atomic mass is 10.0. The second kappa shape index (κ2) is 2.60. The predicted octanol–water partition coefficient (Wildman–Crippen LogP) is 1.06. The Morgan fingerprint density at radius 3 is 3.00 bits per heavy atom. The highest BCUT2D eigenvalue weighted by Crippen LogP contribution is 2.29. The number of nitrogens with one attached hydrogen (secondary N) is 1. The molecule has 0 bridgehead atoms. The van der Waals surface area contributed by atoms with Crippen LogP contribution in [0.25, 0.3) is 0 Å². The van der Waals surface area contributed by atoms with Crippen molar-refractivity contribution in [1.82, 2.24) is 0 Å². The van der Waals surface area contributed by atoms with Crippen molar-refractivity contribution in [1.29, 1.82) is 0 Å². The molecule has 3 heteroatoms. The zero-order chi connectivity index (χ0) is 8.55. The lowest BCUT2D eigenvalue weighted by Gasteiger charge is -2.20. The number of hydrogen-bond donors (Lipinski definition) is 2. The molecule has 0 spiro atoms. The smallest absolute Gasteiger partial charge is 0.227 e. The minimum Gasteiger partial charge on any atom is -0.388 e. The molecule has 2 rings (SSSR count). The maximum atomic E-state index is 11.0. The summed E-state index contributed by atoms with van der Waals surface area (Å²) in [6.45, 7) is 0. The van der Waals surface area contributed by atoms with E-state index in [1.165, 1.54) is 0 Å². The topological polar surface area (TPSA) is 49.3 Å². The Morgan fingerprint density at radius 1 is 1.42 bits per heavy atom. The Balaban J connectivity index is 2.47. The highest BCUT2D eigenvalue weighted by atomic mass is 16.3. The normalized spacial score (nSPS) is 21.4. The zero-order valence-electron chi connectivity index (χ0n) is 6.45. The van der Waals surface area contributed by atoms with Crippen LogP contribution in [0, 0.1) is 0 Å². The van der Waals surface area contributed by atoms with Crippen LogP contribution in [0.4, 0.5) is 5.69 Å². The molecule has 1 aliphatic rings. The summed E-state index contributed by atoms with van der Waals surface area (Å²) in [6, 6.07) is 7.28. The summed E-state index contributed by atoms with van der Waals surface area (Å²) in [5.74, 6) is -0.124. The van der Waals surface area contributed by atoms with Crippen LogP contribution in [0.1, 0.15) is 18.1 Å². The summed E-state index contributed by atoms with van der Waals surface area (Å²) in [6.07, 6.45) is -0.480. The third kappa shape index (κ3) is 1.08. The van der Waals surface area contributed by atoms with Gasteiger partial charge in [0, 0.05) is 11.3 Å². The number of benzene rings is 1. The first-order valence-corrected chi connectivity index (χ1v) is 3.84. The van der Waals surface area contributed by atoms with E-state index in [0.29, 0.717) is 0 Å². The Bertz CT molecular complexity index is 322. The molecule has 1 aliphatic heterocycles. The van der Waals surface area contributed by atoms with Crippen LogP contribution in [0.3, 0.4) is 0 Å². The largest absolute Gasteiger partial charge is 0.388 e. The first kappa shape index (κ1) is 7.31. The van der Waals surface area contributed by atoms with Gasteiger partial charge in [0.1, 0.15) is 0 Å². The van der Waals surface area contributed by atoms with Gasteiger partial charge in [0.15, 0.2) is 0 Å². The molecule has 3 nitrogen and oxygen atoms in total. The van der Waals surface area contributed by atoms with E-state index in [2.05, 4.69) is 5.32 Å². The number of para-hydroxylation sites is 1. The molecular formula is C9H9NO2. The van der Waals surface area contributed by atoms with Gasteiger partial charge < -0.3 is 10.4 Å². The molecular weight excluding hydrogens is 154 g/mol. The van der Waals surface area contributed by atoms with Gasteiger partial charge in [-0.1, -0.05) is 18.2 Å². The van der Waals surface area contributed by atoms with Crippen LogP contribution in [-0.2, 0) is 4.79 Å². The molecule has 0 saturated carbocycles. The second-order valence-corrected chi connectivity index (χ2v) is 2.86. The number of rotatable bonds is 0. The van der Waals surface area contributed by atoms with E-state index >= 15 is 0 Å². The molecule has 0 saturated heterocycles. The number of aliphatic hydroxyl groups excluding tert-OH is 1. The highest BCUT2D eigenvalue weighted by molar-refractivity contribution is 5.94. The Hall–Kier alpha value is -1.35. The molecule has 1 aromatic carbocycles. The van der Waals surface area contributed by atoms with Crippen molar-refractivity contribution in [3.05, 3.63) is 29.8 Å². The van der Waals surface area contributed by atoms with Crippen LogP contribution in [0.5, 0.6) is 0 Å². The third-order valence-corrected chi connectivity index (χ3v) is 1.97. The third-order valence-electron chi connectivity index (χ3n) is 1.97. The molecule has 2 N–H and O–H groups in total. The number of carbonyl (C=O) groups excluding carboxylic acids is 1. The SMILES string of the molecule is O=C1CC(O)c2ccccc2N1. The molecule has 1 heterocycles. The summed E-state index contributed by atoms with van der Waals surface area (Å²) >= 11 is 0. The van der Waals surface area contributed by atoms with Crippen molar-refractivity contribution in [2.24, 2.45) is 0 Å². The second-order valence-electron chi connectivity index (χ2n) is 2.86. The average molecular weight is 163 g/mol. The fourth-order valence-electron chi connectivity index (χ4n) is 1.39. The number of fused-ring (bicyclic) bond motifs is 1. The predicted molar refractivity (Wildman–Crippen MR) is 44.6 cm³/mol. The molecule has 1 unspecified atom stereocenters. The number of carbonyl (C=O) groups is 1. The molecule has 1 aromatic rings. The van der Waals surface area contributed by atoms with Crippen molar-refractivity contribution in [3.63, 3.8) is 0 Å². The van der Waals surface area contributed by atoms with Crippen molar-refractivity contribution in [2.45, 2.75) is 12.5 Å². The maximum absolute atomic E-state index is 11.0. The van der Waals surface area contributed by atoms with Crippen molar-refractivity contribution >= 4 is 11.6 Å². The summed E-state index contributed by atoms with van der Waals surface area (Å²) in [4.78, 5) is 11.0. The van der Waals surface area contributed by atoms with Crippen molar-refractivity contribution in [3.8, 4) is 0 Å². The zero-order valence-corrected chi connectivity index (χ0v) is 6.45. The first-order chi connectivity index (χ1) is 5.77. The van der Waals surface area contributed by atoms with Gasteiger partial charge in [-0.25, -0.2) is 0 Å². The monoisotopic (exact) mass is 163 g/mol. The van der Waals surface area contributed by atoms with Crippen LogP contribution in [0.2, 0.25) is 0 Å². The minimum absolute atomic E-state index is 0.124. The quantitative estimate of drug-likeness (QED) is 0.600. The highest BCUT2D eigenvalue weighted by Gasteiger charge is 2.21. The van der Waals surface area contributed by atoms with Gasteiger partial charge in [0.05, 0.1) is 12.5 Å². The van der Waals surface area contributed by atoms with Gasteiger partial charge in [-0.15, -0.1) is 0 Å². The van der Waals surface area contributed by atoms with Gasteiger partial charge in [-0.05, 0) is 6.07 Å². The van der Waals surface area contributed by atoms with Gasteiger partial charge in [-0.2, -0.15) is 0 Å².